The molecule has 1 fully saturated rings. The van der Waals surface area contributed by atoms with E-state index in [-0.39, 0.29) is 6.04 Å². The third-order valence-corrected chi connectivity index (χ3v) is 4.87. The van der Waals surface area contributed by atoms with Crippen molar-refractivity contribution in [2.75, 3.05) is 0 Å². The van der Waals surface area contributed by atoms with Gasteiger partial charge in [0.25, 0.3) is 0 Å². The lowest BCUT2D eigenvalue weighted by Gasteiger charge is -2.30. The molecule has 0 radical (unpaired) electrons. The first-order valence-corrected chi connectivity index (χ1v) is 7.95. The SMILES string of the molecule is NNC(Cc1ccccc1Cl)c1ccccc1C1CCC1. The van der Waals surface area contributed by atoms with Gasteiger partial charge in [-0.2, -0.15) is 0 Å². The topological polar surface area (TPSA) is 38.0 Å². The van der Waals surface area contributed by atoms with Gasteiger partial charge in [-0.15, -0.1) is 0 Å². The van der Waals surface area contributed by atoms with Gasteiger partial charge in [0.2, 0.25) is 0 Å². The highest BCUT2D eigenvalue weighted by Crippen LogP contribution is 2.40. The van der Waals surface area contributed by atoms with Crippen molar-refractivity contribution < 1.29 is 0 Å². The second kappa shape index (κ2) is 6.61. The second-order valence-corrected chi connectivity index (χ2v) is 6.18. The van der Waals surface area contributed by atoms with E-state index in [0.29, 0.717) is 5.92 Å². The van der Waals surface area contributed by atoms with Gasteiger partial charge in [-0.25, -0.2) is 0 Å². The second-order valence-electron chi connectivity index (χ2n) is 5.77. The maximum atomic E-state index is 6.28. The monoisotopic (exact) mass is 300 g/mol. The lowest BCUT2D eigenvalue weighted by atomic mass is 9.76. The number of nitrogens with one attached hydrogen (secondary N) is 1. The van der Waals surface area contributed by atoms with Gasteiger partial charge in [0.05, 0.1) is 6.04 Å². The highest BCUT2D eigenvalue weighted by Gasteiger charge is 2.24. The van der Waals surface area contributed by atoms with Crippen LogP contribution in [0, 0.1) is 0 Å². The molecule has 0 aromatic heterocycles. The molecule has 0 aliphatic heterocycles. The average molecular weight is 301 g/mol. The third kappa shape index (κ3) is 3.13. The van der Waals surface area contributed by atoms with Gasteiger partial charge >= 0.3 is 0 Å². The molecule has 2 nitrogen and oxygen atoms in total. The molecule has 0 amide bonds. The smallest absolute Gasteiger partial charge is 0.0503 e. The summed E-state index contributed by atoms with van der Waals surface area (Å²) in [6.45, 7) is 0. The minimum Gasteiger partial charge on any atom is -0.271 e. The van der Waals surface area contributed by atoms with Crippen molar-refractivity contribution in [2.24, 2.45) is 5.84 Å². The Hall–Kier alpha value is -1.35. The van der Waals surface area contributed by atoms with E-state index in [1.807, 2.05) is 18.2 Å². The van der Waals surface area contributed by atoms with Crippen molar-refractivity contribution in [3.63, 3.8) is 0 Å². The molecule has 3 rings (SSSR count). The van der Waals surface area contributed by atoms with Gasteiger partial charge in [-0.3, -0.25) is 11.3 Å². The van der Waals surface area contributed by atoms with Crippen molar-refractivity contribution in [3.05, 3.63) is 70.2 Å². The van der Waals surface area contributed by atoms with Crippen LogP contribution in [0.3, 0.4) is 0 Å². The number of hydrazine groups is 1. The Balaban J connectivity index is 1.88. The first-order valence-electron chi connectivity index (χ1n) is 7.58. The van der Waals surface area contributed by atoms with Crippen molar-refractivity contribution >= 4 is 11.6 Å². The van der Waals surface area contributed by atoms with Crippen LogP contribution in [0.1, 0.15) is 47.9 Å². The van der Waals surface area contributed by atoms with Gasteiger partial charge in [0.1, 0.15) is 0 Å². The Morgan fingerprint density at radius 3 is 2.48 bits per heavy atom. The fourth-order valence-corrected chi connectivity index (χ4v) is 3.27. The number of benzene rings is 2. The van der Waals surface area contributed by atoms with Crippen LogP contribution in [-0.4, -0.2) is 0 Å². The van der Waals surface area contributed by atoms with Crippen LogP contribution in [-0.2, 0) is 6.42 Å². The van der Waals surface area contributed by atoms with E-state index in [2.05, 4.69) is 35.8 Å². The van der Waals surface area contributed by atoms with E-state index in [1.54, 1.807) is 0 Å². The largest absolute Gasteiger partial charge is 0.271 e. The highest BCUT2D eigenvalue weighted by atomic mass is 35.5. The number of halogens is 1. The quantitative estimate of drug-likeness (QED) is 0.636. The van der Waals surface area contributed by atoms with Gasteiger partial charge in [-0.05, 0) is 47.9 Å². The van der Waals surface area contributed by atoms with Crippen molar-refractivity contribution in [1.29, 1.82) is 0 Å². The Morgan fingerprint density at radius 1 is 1.10 bits per heavy atom. The molecule has 1 saturated carbocycles. The summed E-state index contributed by atoms with van der Waals surface area (Å²) in [7, 11) is 0. The number of nitrogens with two attached hydrogens (primary N) is 1. The molecule has 0 bridgehead atoms. The standard InChI is InChI=1S/C18H21ClN2/c19-17-11-4-1-6-14(17)12-18(21-20)16-10-3-2-9-15(16)13-7-5-8-13/h1-4,6,9-11,13,18,21H,5,7-8,12,20H2. The summed E-state index contributed by atoms with van der Waals surface area (Å²) in [6, 6.07) is 16.7. The van der Waals surface area contributed by atoms with Crippen molar-refractivity contribution in [3.8, 4) is 0 Å². The van der Waals surface area contributed by atoms with E-state index in [4.69, 9.17) is 17.4 Å². The van der Waals surface area contributed by atoms with Crippen LogP contribution in [0.4, 0.5) is 0 Å². The molecule has 1 unspecified atom stereocenters. The number of hydrogen-bond donors (Lipinski definition) is 2. The van der Waals surface area contributed by atoms with Gasteiger partial charge in [0, 0.05) is 5.02 Å². The van der Waals surface area contributed by atoms with Crippen molar-refractivity contribution in [2.45, 2.75) is 37.6 Å². The van der Waals surface area contributed by atoms with Gasteiger partial charge < -0.3 is 0 Å². The Morgan fingerprint density at radius 2 is 1.81 bits per heavy atom. The maximum absolute atomic E-state index is 6.28. The van der Waals surface area contributed by atoms with E-state index in [9.17, 15) is 0 Å². The van der Waals surface area contributed by atoms with Gasteiger partial charge in [-0.1, -0.05) is 60.5 Å². The average Bonchev–Trinajstić information content (AvgIpc) is 2.46. The van der Waals surface area contributed by atoms with E-state index in [0.717, 1.165) is 17.0 Å². The molecule has 2 aromatic rings. The molecule has 0 spiro atoms. The Labute approximate surface area is 131 Å². The molecule has 1 atom stereocenters. The first kappa shape index (κ1) is 14.6. The zero-order chi connectivity index (χ0) is 14.7. The summed E-state index contributed by atoms with van der Waals surface area (Å²) in [6.07, 6.45) is 4.73. The molecule has 0 heterocycles. The predicted octanol–water partition coefficient (Wildman–Crippen LogP) is 4.35. The van der Waals surface area contributed by atoms with E-state index in [1.165, 1.54) is 30.4 Å². The number of hydrogen-bond acceptors (Lipinski definition) is 2. The van der Waals surface area contributed by atoms with Crippen LogP contribution in [0.15, 0.2) is 48.5 Å². The highest BCUT2D eigenvalue weighted by molar-refractivity contribution is 6.31. The molecule has 0 saturated heterocycles. The summed E-state index contributed by atoms with van der Waals surface area (Å²) >= 11 is 6.28. The first-order chi connectivity index (χ1) is 10.3. The summed E-state index contributed by atoms with van der Waals surface area (Å²) in [5.74, 6) is 6.54. The zero-order valence-electron chi connectivity index (χ0n) is 12.1. The van der Waals surface area contributed by atoms with E-state index >= 15 is 0 Å². The Kier molecular flexibility index (Phi) is 4.59. The molecular formula is C18H21ClN2. The summed E-state index contributed by atoms with van der Waals surface area (Å²) in [4.78, 5) is 0. The van der Waals surface area contributed by atoms with Gasteiger partial charge in [0.15, 0.2) is 0 Å². The van der Waals surface area contributed by atoms with E-state index < -0.39 is 0 Å². The molecule has 1 aliphatic carbocycles. The minimum atomic E-state index is 0.0988. The lowest BCUT2D eigenvalue weighted by molar-refractivity contribution is 0.411. The fourth-order valence-electron chi connectivity index (χ4n) is 3.06. The lowest BCUT2D eigenvalue weighted by Crippen LogP contribution is -2.31. The zero-order valence-corrected chi connectivity index (χ0v) is 12.8. The normalized spacial score (nSPS) is 16.5. The van der Waals surface area contributed by atoms with Crippen LogP contribution < -0.4 is 11.3 Å². The van der Waals surface area contributed by atoms with Crippen LogP contribution >= 0.6 is 11.6 Å². The molecule has 1 aliphatic rings. The maximum Gasteiger partial charge on any atom is 0.0503 e. The van der Waals surface area contributed by atoms with Crippen molar-refractivity contribution in [1.82, 2.24) is 5.43 Å². The molecule has 3 heteroatoms. The van der Waals surface area contributed by atoms with Crippen LogP contribution in [0.2, 0.25) is 5.02 Å². The summed E-state index contributed by atoms with van der Waals surface area (Å²) in [5, 5.41) is 0.805. The summed E-state index contributed by atoms with van der Waals surface area (Å²) < 4.78 is 0. The Bertz CT molecular complexity index is 608. The molecule has 3 N–H and O–H groups in total. The molecular weight excluding hydrogens is 280 g/mol. The third-order valence-electron chi connectivity index (χ3n) is 4.50. The summed E-state index contributed by atoms with van der Waals surface area (Å²) in [5.41, 5.74) is 6.86. The molecule has 2 aromatic carbocycles. The minimum absolute atomic E-state index is 0.0988. The fraction of sp³-hybridized carbons (Fsp3) is 0.333. The predicted molar refractivity (Wildman–Crippen MR) is 88.3 cm³/mol. The molecule has 110 valence electrons. The molecule has 21 heavy (non-hydrogen) atoms. The number of rotatable bonds is 5. The van der Waals surface area contributed by atoms with Crippen LogP contribution in [0.5, 0.6) is 0 Å². The van der Waals surface area contributed by atoms with Crippen LogP contribution in [0.25, 0.3) is 0 Å².